The van der Waals surface area contributed by atoms with E-state index < -0.39 is 0 Å². The number of rotatable bonds is 6. The number of nitrogens with one attached hydrogen (secondary N) is 1. The molecule has 0 bridgehead atoms. The summed E-state index contributed by atoms with van der Waals surface area (Å²) in [6.45, 7) is 0.268. The number of nitrogens with zero attached hydrogens (tertiary/aromatic N) is 2. The van der Waals surface area contributed by atoms with Gasteiger partial charge in [-0.1, -0.05) is 18.2 Å². The number of aromatic hydroxyl groups is 1. The van der Waals surface area contributed by atoms with Gasteiger partial charge >= 0.3 is 0 Å². The molecule has 0 saturated heterocycles. The van der Waals surface area contributed by atoms with E-state index in [9.17, 15) is 10.4 Å². The summed E-state index contributed by atoms with van der Waals surface area (Å²) >= 11 is 0. The van der Waals surface area contributed by atoms with Crippen LogP contribution < -0.4 is 15.2 Å². The number of H-pyrrole nitrogens is 1. The maximum Gasteiger partial charge on any atom is 0.161 e. The number of nitrogens with two attached hydrogens (primary N) is 1. The highest BCUT2D eigenvalue weighted by atomic mass is 16.5. The minimum Gasteiger partial charge on any atom is -0.505 e. The molecule has 0 aliphatic heterocycles. The number of methoxy groups -OCH3 is 2. The highest BCUT2D eigenvalue weighted by Crippen LogP contribution is 2.30. The zero-order valence-corrected chi connectivity index (χ0v) is 15.6. The predicted molar refractivity (Wildman–Crippen MR) is 108 cm³/mol. The third-order valence-electron chi connectivity index (χ3n) is 4.27. The fourth-order valence-electron chi connectivity index (χ4n) is 2.80. The van der Waals surface area contributed by atoms with E-state index in [4.69, 9.17) is 15.2 Å². The van der Waals surface area contributed by atoms with Gasteiger partial charge in [0, 0.05) is 10.9 Å². The molecular weight excluding hydrogens is 356 g/mol. The van der Waals surface area contributed by atoms with Gasteiger partial charge in [-0.25, -0.2) is 0 Å². The maximum absolute atomic E-state index is 10.3. The first-order valence-corrected chi connectivity index (χ1v) is 8.50. The van der Waals surface area contributed by atoms with Gasteiger partial charge in [-0.3, -0.25) is 4.99 Å². The molecule has 0 saturated carbocycles. The molecule has 3 rings (SSSR count). The molecule has 142 valence electrons. The molecular formula is C21H20N4O3. The summed E-state index contributed by atoms with van der Waals surface area (Å²) in [7, 11) is 3.12. The number of nitriles is 1. The normalized spacial score (nSPS) is 12.0. The lowest BCUT2D eigenvalue weighted by Gasteiger charge is -2.08. The van der Waals surface area contributed by atoms with Crippen LogP contribution in [0.1, 0.15) is 11.3 Å². The van der Waals surface area contributed by atoms with Gasteiger partial charge in [0.1, 0.15) is 17.7 Å². The summed E-state index contributed by atoms with van der Waals surface area (Å²) in [5.74, 6) is 1.36. The molecule has 0 atom stereocenters. The zero-order chi connectivity index (χ0) is 20.1. The molecule has 0 aliphatic carbocycles. The molecule has 0 aliphatic rings. The third-order valence-corrected chi connectivity index (χ3v) is 4.27. The molecule has 7 nitrogen and oxygen atoms in total. The van der Waals surface area contributed by atoms with Crippen LogP contribution >= 0.6 is 0 Å². The van der Waals surface area contributed by atoms with Crippen molar-refractivity contribution in [2.45, 2.75) is 6.54 Å². The molecule has 1 aromatic heterocycles. The molecule has 0 radical (unpaired) electrons. The lowest BCUT2D eigenvalue weighted by Crippen LogP contribution is -2.14. The SMILES string of the molecule is COc1ccc(CN=C(N)/C(C#N)=C\c2[nH]c3ccccc3c2O)cc1OC. The fraction of sp³-hybridized carbons (Fsp3) is 0.143. The smallest absolute Gasteiger partial charge is 0.161 e. The van der Waals surface area contributed by atoms with E-state index >= 15 is 0 Å². The van der Waals surface area contributed by atoms with Crippen molar-refractivity contribution in [3.8, 4) is 23.3 Å². The van der Waals surface area contributed by atoms with Crippen molar-refractivity contribution in [1.29, 1.82) is 5.26 Å². The van der Waals surface area contributed by atoms with E-state index in [1.807, 2.05) is 30.3 Å². The average Bonchev–Trinajstić information content (AvgIpc) is 3.05. The minimum atomic E-state index is 0.0658. The molecule has 0 amide bonds. The number of ether oxygens (including phenoxy) is 2. The second-order valence-corrected chi connectivity index (χ2v) is 5.99. The first-order chi connectivity index (χ1) is 13.6. The van der Waals surface area contributed by atoms with Gasteiger partial charge in [-0.15, -0.1) is 0 Å². The number of hydrogen-bond acceptors (Lipinski definition) is 5. The lowest BCUT2D eigenvalue weighted by atomic mass is 10.2. The van der Waals surface area contributed by atoms with Crippen molar-refractivity contribution >= 4 is 22.8 Å². The molecule has 0 unspecified atom stereocenters. The molecule has 0 fully saturated rings. The van der Waals surface area contributed by atoms with Crippen molar-refractivity contribution in [2.75, 3.05) is 14.2 Å². The minimum absolute atomic E-state index is 0.0658. The Morgan fingerprint density at radius 2 is 1.96 bits per heavy atom. The second kappa shape index (κ2) is 8.18. The number of aromatic nitrogens is 1. The summed E-state index contributed by atoms with van der Waals surface area (Å²) in [6.07, 6.45) is 1.49. The Hall–Kier alpha value is -3.92. The van der Waals surface area contributed by atoms with Gasteiger partial charge in [-0.05, 0) is 35.9 Å². The Morgan fingerprint density at radius 3 is 2.64 bits per heavy atom. The second-order valence-electron chi connectivity index (χ2n) is 5.99. The van der Waals surface area contributed by atoms with Gasteiger partial charge in [-0.2, -0.15) is 5.26 Å². The topological polar surface area (TPSA) is 117 Å². The number of fused-ring (bicyclic) bond motifs is 1. The zero-order valence-electron chi connectivity index (χ0n) is 15.6. The number of aromatic amines is 1. The summed E-state index contributed by atoms with van der Waals surface area (Å²) < 4.78 is 10.5. The third kappa shape index (κ3) is 3.76. The Morgan fingerprint density at radius 1 is 1.21 bits per heavy atom. The van der Waals surface area contributed by atoms with Crippen molar-refractivity contribution in [1.82, 2.24) is 4.98 Å². The van der Waals surface area contributed by atoms with Crippen LogP contribution in [0.5, 0.6) is 17.2 Å². The summed E-state index contributed by atoms with van der Waals surface area (Å²) in [5.41, 5.74) is 8.18. The molecule has 7 heteroatoms. The van der Waals surface area contributed by atoms with Crippen molar-refractivity contribution in [3.63, 3.8) is 0 Å². The van der Waals surface area contributed by atoms with Gasteiger partial charge in [0.2, 0.25) is 0 Å². The fourth-order valence-corrected chi connectivity index (χ4v) is 2.80. The van der Waals surface area contributed by atoms with E-state index in [0.717, 1.165) is 11.1 Å². The van der Waals surface area contributed by atoms with Crippen LogP contribution in [0.25, 0.3) is 17.0 Å². The van der Waals surface area contributed by atoms with Crippen LogP contribution in [0.2, 0.25) is 0 Å². The largest absolute Gasteiger partial charge is 0.505 e. The van der Waals surface area contributed by atoms with E-state index in [-0.39, 0.29) is 23.7 Å². The van der Waals surface area contributed by atoms with E-state index in [1.165, 1.54) is 6.08 Å². The molecule has 1 heterocycles. The Kier molecular flexibility index (Phi) is 5.51. The van der Waals surface area contributed by atoms with Crippen LogP contribution in [-0.4, -0.2) is 30.1 Å². The van der Waals surface area contributed by atoms with Crippen LogP contribution in [0.15, 0.2) is 53.0 Å². The maximum atomic E-state index is 10.3. The van der Waals surface area contributed by atoms with E-state index in [2.05, 4.69) is 9.98 Å². The van der Waals surface area contributed by atoms with Crippen LogP contribution in [0, 0.1) is 11.3 Å². The number of benzene rings is 2. The van der Waals surface area contributed by atoms with Crippen LogP contribution in [0.4, 0.5) is 0 Å². The Balaban J connectivity index is 1.86. The van der Waals surface area contributed by atoms with Gasteiger partial charge < -0.3 is 25.3 Å². The molecule has 28 heavy (non-hydrogen) atoms. The first kappa shape index (κ1) is 18.9. The number of amidine groups is 1. The predicted octanol–water partition coefficient (Wildman–Crippen LogP) is 3.36. The average molecular weight is 376 g/mol. The quantitative estimate of drug-likeness (QED) is 0.346. The summed E-state index contributed by atoms with van der Waals surface area (Å²) in [6, 6.07) is 14.8. The number of para-hydroxylation sites is 1. The van der Waals surface area contributed by atoms with Crippen molar-refractivity contribution in [3.05, 3.63) is 59.3 Å². The van der Waals surface area contributed by atoms with Crippen LogP contribution in [0.3, 0.4) is 0 Å². The standard InChI is InChI=1S/C21H20N4O3/c1-27-18-8-7-13(9-19(18)28-2)12-24-21(23)14(11-22)10-17-20(26)15-5-3-4-6-16(15)25-17/h3-10,25-26H,12H2,1-2H3,(H2,23,24)/b14-10-. The van der Waals surface area contributed by atoms with Gasteiger partial charge in [0.15, 0.2) is 11.5 Å². The van der Waals surface area contributed by atoms with E-state index in [0.29, 0.717) is 22.6 Å². The van der Waals surface area contributed by atoms with Gasteiger partial charge in [0.05, 0.1) is 32.0 Å². The molecule has 0 spiro atoms. The molecule has 3 aromatic rings. The first-order valence-electron chi connectivity index (χ1n) is 8.50. The Bertz CT molecular complexity index is 1110. The summed E-state index contributed by atoms with van der Waals surface area (Å²) in [5, 5.41) is 20.5. The van der Waals surface area contributed by atoms with Gasteiger partial charge in [0.25, 0.3) is 0 Å². The van der Waals surface area contributed by atoms with Crippen LogP contribution in [-0.2, 0) is 6.54 Å². The van der Waals surface area contributed by atoms with E-state index in [1.54, 1.807) is 32.4 Å². The van der Waals surface area contributed by atoms with Crippen molar-refractivity contribution in [2.24, 2.45) is 10.7 Å². The molecule has 4 N–H and O–H groups in total. The molecule has 2 aromatic carbocycles. The lowest BCUT2D eigenvalue weighted by molar-refractivity contribution is 0.354. The number of hydrogen-bond donors (Lipinski definition) is 3. The number of aliphatic imine (C=N–C) groups is 1. The highest BCUT2D eigenvalue weighted by Gasteiger charge is 2.11. The Labute approximate surface area is 162 Å². The monoisotopic (exact) mass is 376 g/mol. The van der Waals surface area contributed by atoms with Crippen molar-refractivity contribution < 1.29 is 14.6 Å². The highest BCUT2D eigenvalue weighted by molar-refractivity contribution is 6.05. The summed E-state index contributed by atoms with van der Waals surface area (Å²) in [4.78, 5) is 7.35.